The largest absolute Gasteiger partial charge is 0.494 e. The Hall–Kier alpha value is -2.77. The fourth-order valence-electron chi connectivity index (χ4n) is 2.34. The smallest absolute Gasteiger partial charge is 0.167 e. The average molecular weight is 387 g/mol. The standard InChI is InChI=1S/C20H19F2N3OS/c1-5-26-13-8-6-12(7-9-13)25-18-16(21)14(10-23)15(11-24)17(22)19(18)27-20(2,3)4/h6-9,25H,5H2,1-4H3. The molecule has 2 aromatic rings. The van der Waals surface area contributed by atoms with Crippen molar-refractivity contribution in [3.63, 3.8) is 0 Å². The van der Waals surface area contributed by atoms with Gasteiger partial charge in [-0.3, -0.25) is 0 Å². The molecule has 0 aromatic heterocycles. The summed E-state index contributed by atoms with van der Waals surface area (Å²) in [5.74, 6) is -1.20. The van der Waals surface area contributed by atoms with Crippen molar-refractivity contribution in [2.45, 2.75) is 37.3 Å². The van der Waals surface area contributed by atoms with Crippen molar-refractivity contribution in [1.29, 1.82) is 10.5 Å². The molecular weight excluding hydrogens is 368 g/mol. The second kappa shape index (κ2) is 8.28. The third kappa shape index (κ3) is 4.69. The molecule has 2 rings (SSSR count). The van der Waals surface area contributed by atoms with E-state index in [2.05, 4.69) is 5.32 Å². The summed E-state index contributed by atoms with van der Waals surface area (Å²) >= 11 is 1.08. The number of nitrogens with one attached hydrogen (secondary N) is 1. The van der Waals surface area contributed by atoms with Crippen molar-refractivity contribution in [3.8, 4) is 17.9 Å². The van der Waals surface area contributed by atoms with Gasteiger partial charge in [0.05, 0.1) is 17.2 Å². The van der Waals surface area contributed by atoms with E-state index >= 15 is 0 Å². The van der Waals surface area contributed by atoms with Gasteiger partial charge < -0.3 is 10.1 Å². The quantitative estimate of drug-likeness (QED) is 0.663. The molecule has 0 aliphatic heterocycles. The molecule has 0 bridgehead atoms. The Morgan fingerprint density at radius 2 is 1.59 bits per heavy atom. The Labute approximate surface area is 161 Å². The molecule has 0 atom stereocenters. The highest BCUT2D eigenvalue weighted by Crippen LogP contribution is 2.43. The normalized spacial score (nSPS) is 10.8. The molecule has 0 saturated carbocycles. The van der Waals surface area contributed by atoms with Gasteiger partial charge in [-0.1, -0.05) is 20.8 Å². The summed E-state index contributed by atoms with van der Waals surface area (Å²) in [5.41, 5.74) is -0.853. The summed E-state index contributed by atoms with van der Waals surface area (Å²) in [7, 11) is 0. The fourth-order valence-corrected chi connectivity index (χ4v) is 3.38. The number of hydrogen-bond acceptors (Lipinski definition) is 5. The van der Waals surface area contributed by atoms with Crippen LogP contribution in [0, 0.1) is 34.3 Å². The van der Waals surface area contributed by atoms with Gasteiger partial charge in [0.2, 0.25) is 0 Å². The topological polar surface area (TPSA) is 68.8 Å². The Balaban J connectivity index is 2.60. The lowest BCUT2D eigenvalue weighted by Crippen LogP contribution is -2.11. The third-order valence-electron chi connectivity index (χ3n) is 3.40. The van der Waals surface area contributed by atoms with Crippen LogP contribution in [0.1, 0.15) is 38.8 Å². The zero-order chi connectivity index (χ0) is 20.2. The molecular formula is C20H19F2N3OS. The SMILES string of the molecule is CCOc1ccc(Nc2c(F)c(C#N)c(C#N)c(F)c2SC(C)(C)C)cc1. The maximum atomic E-state index is 15.0. The number of ether oxygens (including phenoxy) is 1. The van der Waals surface area contributed by atoms with Crippen LogP contribution in [0.3, 0.4) is 0 Å². The third-order valence-corrected chi connectivity index (χ3v) is 4.60. The van der Waals surface area contributed by atoms with Crippen molar-refractivity contribution in [2.75, 3.05) is 11.9 Å². The van der Waals surface area contributed by atoms with Gasteiger partial charge in [0.15, 0.2) is 11.6 Å². The predicted octanol–water partition coefficient (Wildman–Crippen LogP) is 5.74. The van der Waals surface area contributed by atoms with Gasteiger partial charge >= 0.3 is 0 Å². The highest BCUT2D eigenvalue weighted by atomic mass is 32.2. The van der Waals surface area contributed by atoms with E-state index in [1.807, 2.05) is 27.7 Å². The highest BCUT2D eigenvalue weighted by Gasteiger charge is 2.28. The van der Waals surface area contributed by atoms with Crippen LogP contribution in [0.5, 0.6) is 5.75 Å². The van der Waals surface area contributed by atoms with E-state index in [1.165, 1.54) is 0 Å². The Bertz CT molecular complexity index is 923. The number of anilines is 2. The Kier molecular flexibility index (Phi) is 6.30. The van der Waals surface area contributed by atoms with Crippen molar-refractivity contribution in [1.82, 2.24) is 0 Å². The molecule has 7 heteroatoms. The summed E-state index contributed by atoms with van der Waals surface area (Å²) < 4.78 is 34.8. The molecule has 4 nitrogen and oxygen atoms in total. The number of halogens is 2. The van der Waals surface area contributed by atoms with Gasteiger partial charge in [-0.05, 0) is 31.2 Å². The number of thioether (sulfide) groups is 1. The van der Waals surface area contributed by atoms with Crippen LogP contribution in [0.25, 0.3) is 0 Å². The van der Waals surface area contributed by atoms with E-state index in [9.17, 15) is 19.3 Å². The first-order valence-corrected chi connectivity index (χ1v) is 9.07. The molecule has 0 aliphatic carbocycles. The lowest BCUT2D eigenvalue weighted by atomic mass is 10.1. The minimum atomic E-state index is -0.948. The Morgan fingerprint density at radius 1 is 1.04 bits per heavy atom. The fraction of sp³-hybridized carbons (Fsp3) is 0.300. The molecule has 1 N–H and O–H groups in total. The van der Waals surface area contributed by atoms with E-state index in [0.29, 0.717) is 18.0 Å². The van der Waals surface area contributed by atoms with Crippen molar-refractivity contribution < 1.29 is 13.5 Å². The minimum absolute atomic E-state index is 0.0376. The maximum Gasteiger partial charge on any atom is 0.167 e. The zero-order valence-electron chi connectivity index (χ0n) is 15.5. The molecule has 2 aromatic carbocycles. The summed E-state index contributed by atoms with van der Waals surface area (Å²) in [6, 6.07) is 9.92. The molecule has 0 heterocycles. The number of benzene rings is 2. The van der Waals surface area contributed by atoms with Gasteiger partial charge in [-0.2, -0.15) is 10.5 Å². The Morgan fingerprint density at radius 3 is 2.07 bits per heavy atom. The number of hydrogen-bond donors (Lipinski definition) is 1. The first-order chi connectivity index (χ1) is 12.7. The van der Waals surface area contributed by atoms with Crippen LogP contribution in [-0.2, 0) is 0 Å². The van der Waals surface area contributed by atoms with Gasteiger partial charge in [0.1, 0.15) is 29.0 Å². The average Bonchev–Trinajstić information content (AvgIpc) is 2.61. The van der Waals surface area contributed by atoms with Crippen LogP contribution in [-0.4, -0.2) is 11.4 Å². The zero-order valence-corrected chi connectivity index (χ0v) is 16.3. The monoisotopic (exact) mass is 387 g/mol. The van der Waals surface area contributed by atoms with Crippen LogP contribution >= 0.6 is 11.8 Å². The van der Waals surface area contributed by atoms with Crippen LogP contribution in [0.2, 0.25) is 0 Å². The van der Waals surface area contributed by atoms with E-state index in [0.717, 1.165) is 11.8 Å². The number of nitriles is 2. The molecule has 0 radical (unpaired) electrons. The first kappa shape index (κ1) is 20.5. The number of rotatable bonds is 5. The van der Waals surface area contributed by atoms with Gasteiger partial charge in [0, 0.05) is 10.4 Å². The first-order valence-electron chi connectivity index (χ1n) is 8.25. The molecule has 0 unspecified atom stereocenters. The van der Waals surface area contributed by atoms with Crippen LogP contribution in [0.4, 0.5) is 20.2 Å². The predicted molar refractivity (Wildman–Crippen MR) is 102 cm³/mol. The van der Waals surface area contributed by atoms with Gasteiger partial charge in [-0.25, -0.2) is 8.78 Å². The molecule has 0 aliphatic rings. The summed E-state index contributed by atoms with van der Waals surface area (Å²) in [5, 5.41) is 21.2. The molecule has 0 spiro atoms. The van der Waals surface area contributed by atoms with E-state index in [4.69, 9.17) is 4.74 Å². The number of nitrogens with zero attached hydrogens (tertiary/aromatic N) is 2. The van der Waals surface area contributed by atoms with Crippen LogP contribution < -0.4 is 10.1 Å². The summed E-state index contributed by atoms with van der Waals surface area (Å²) in [6.45, 7) is 7.92. The summed E-state index contributed by atoms with van der Waals surface area (Å²) in [4.78, 5) is -0.0376. The molecule has 0 amide bonds. The van der Waals surface area contributed by atoms with Crippen molar-refractivity contribution in [2.24, 2.45) is 0 Å². The molecule has 0 saturated heterocycles. The van der Waals surface area contributed by atoms with Crippen LogP contribution in [0.15, 0.2) is 29.2 Å². The highest BCUT2D eigenvalue weighted by molar-refractivity contribution is 8.00. The summed E-state index contributed by atoms with van der Waals surface area (Å²) in [6.07, 6.45) is 0. The molecule has 140 valence electrons. The van der Waals surface area contributed by atoms with Crippen molar-refractivity contribution >= 4 is 23.1 Å². The minimum Gasteiger partial charge on any atom is -0.494 e. The second-order valence-electron chi connectivity index (χ2n) is 6.60. The lowest BCUT2D eigenvalue weighted by Gasteiger charge is -2.22. The molecule has 0 fully saturated rings. The van der Waals surface area contributed by atoms with E-state index < -0.39 is 27.5 Å². The van der Waals surface area contributed by atoms with Gasteiger partial charge in [0.25, 0.3) is 0 Å². The molecule has 27 heavy (non-hydrogen) atoms. The van der Waals surface area contributed by atoms with E-state index in [-0.39, 0.29) is 10.6 Å². The van der Waals surface area contributed by atoms with Gasteiger partial charge in [-0.15, -0.1) is 11.8 Å². The second-order valence-corrected chi connectivity index (χ2v) is 8.44. The van der Waals surface area contributed by atoms with Crippen molar-refractivity contribution in [3.05, 3.63) is 47.0 Å². The maximum absolute atomic E-state index is 15.0. The van der Waals surface area contributed by atoms with E-state index in [1.54, 1.807) is 36.4 Å². The lowest BCUT2D eigenvalue weighted by molar-refractivity contribution is 0.340.